The molecular formula is C18H19N7O3. The number of amides is 1. The molecule has 2 bridgehead atoms. The Labute approximate surface area is 159 Å². The lowest BCUT2D eigenvalue weighted by Gasteiger charge is -2.35. The zero-order chi connectivity index (χ0) is 19.6. The topological polar surface area (TPSA) is 108 Å². The highest BCUT2D eigenvalue weighted by Crippen LogP contribution is 2.42. The van der Waals surface area contributed by atoms with Crippen molar-refractivity contribution in [2.75, 3.05) is 0 Å². The van der Waals surface area contributed by atoms with Gasteiger partial charge in [-0.05, 0) is 12.8 Å². The molecule has 0 N–H and O–H groups in total. The maximum atomic E-state index is 13.2. The molecule has 0 aliphatic carbocycles. The minimum absolute atomic E-state index is 0.0000319. The second-order valence-corrected chi connectivity index (χ2v) is 7.43. The fraction of sp³-hybridized carbons (Fsp3) is 0.444. The summed E-state index contributed by atoms with van der Waals surface area (Å²) in [5.41, 5.74) is 1.66. The molecule has 0 aromatic carbocycles. The third kappa shape index (κ3) is 2.20. The van der Waals surface area contributed by atoms with Gasteiger partial charge >= 0.3 is 5.69 Å². The Bertz CT molecular complexity index is 1240. The van der Waals surface area contributed by atoms with E-state index in [-0.39, 0.29) is 35.7 Å². The quantitative estimate of drug-likeness (QED) is 0.593. The van der Waals surface area contributed by atoms with Crippen molar-refractivity contribution in [3.63, 3.8) is 0 Å². The molecule has 1 fully saturated rings. The molecule has 2 unspecified atom stereocenters. The molecule has 0 radical (unpaired) electrons. The molecule has 2 atom stereocenters. The molecule has 10 nitrogen and oxygen atoms in total. The lowest BCUT2D eigenvalue weighted by Crippen LogP contribution is -2.44. The van der Waals surface area contributed by atoms with Crippen molar-refractivity contribution in [1.82, 2.24) is 33.6 Å². The molecule has 144 valence electrons. The summed E-state index contributed by atoms with van der Waals surface area (Å²) in [4.78, 5) is 52.5. The van der Waals surface area contributed by atoms with Gasteiger partial charge in [-0.1, -0.05) is 0 Å². The van der Waals surface area contributed by atoms with Gasteiger partial charge in [-0.15, -0.1) is 0 Å². The van der Waals surface area contributed by atoms with Crippen LogP contribution in [0.4, 0.5) is 0 Å². The number of carbonyl (C=O) groups excluding carboxylic acids is 1. The molecule has 10 heteroatoms. The van der Waals surface area contributed by atoms with Crippen molar-refractivity contribution >= 4 is 17.1 Å². The highest BCUT2D eigenvalue weighted by Gasteiger charge is 2.43. The molecule has 3 aromatic heterocycles. The Hall–Kier alpha value is -3.30. The summed E-state index contributed by atoms with van der Waals surface area (Å²) in [5.74, 6) is -0.0720. The first-order chi connectivity index (χ1) is 13.5. The van der Waals surface area contributed by atoms with Crippen molar-refractivity contribution in [2.45, 2.75) is 37.9 Å². The Morgan fingerprint density at radius 2 is 2.00 bits per heavy atom. The first-order valence-electron chi connectivity index (χ1n) is 9.18. The molecule has 0 spiro atoms. The van der Waals surface area contributed by atoms with Crippen LogP contribution in [-0.4, -0.2) is 45.5 Å². The third-order valence-corrected chi connectivity index (χ3v) is 5.93. The summed E-state index contributed by atoms with van der Waals surface area (Å²) >= 11 is 0. The van der Waals surface area contributed by atoms with E-state index in [1.807, 2.05) is 4.90 Å². The molecular weight excluding hydrogens is 362 g/mol. The predicted octanol–water partition coefficient (Wildman–Crippen LogP) is -0.488. The van der Waals surface area contributed by atoms with Gasteiger partial charge in [0.1, 0.15) is 12.9 Å². The molecule has 2 aliphatic heterocycles. The lowest BCUT2D eigenvalue weighted by molar-refractivity contribution is -0.135. The summed E-state index contributed by atoms with van der Waals surface area (Å²) in [6.45, 7) is -0.0000319. The number of imidazole rings is 1. The molecule has 5 rings (SSSR count). The minimum atomic E-state index is -0.455. The van der Waals surface area contributed by atoms with Gasteiger partial charge in [0.05, 0.1) is 18.1 Å². The SMILES string of the molecule is Cn1c(=O)c2c(ncn2CC(=O)N2C3CCC2c2cncnc2C3)n(C)c1=O. The Morgan fingerprint density at radius 3 is 2.82 bits per heavy atom. The van der Waals surface area contributed by atoms with E-state index in [1.165, 1.54) is 22.5 Å². The standard InChI is InChI=1S/C18H19N7O3/c1-22-16-15(17(27)23(2)18(22)28)24(9-21-16)7-14(26)25-10-3-4-13(25)11-6-19-8-20-12(11)5-10/h6,8-10,13H,3-5,7H2,1-2H3. The van der Waals surface area contributed by atoms with Gasteiger partial charge in [0.15, 0.2) is 11.2 Å². The maximum Gasteiger partial charge on any atom is 0.332 e. The maximum absolute atomic E-state index is 13.2. The van der Waals surface area contributed by atoms with Crippen LogP contribution in [-0.2, 0) is 31.9 Å². The van der Waals surface area contributed by atoms with Crippen LogP contribution < -0.4 is 11.2 Å². The number of rotatable bonds is 2. The smallest absolute Gasteiger partial charge is 0.331 e. The monoisotopic (exact) mass is 381 g/mol. The molecule has 1 amide bonds. The second kappa shape index (κ2) is 5.85. The zero-order valence-corrected chi connectivity index (χ0v) is 15.6. The summed E-state index contributed by atoms with van der Waals surface area (Å²) < 4.78 is 3.88. The van der Waals surface area contributed by atoms with Gasteiger partial charge in [-0.2, -0.15) is 0 Å². The highest BCUT2D eigenvalue weighted by molar-refractivity contribution is 5.80. The van der Waals surface area contributed by atoms with E-state index < -0.39 is 11.2 Å². The van der Waals surface area contributed by atoms with E-state index in [4.69, 9.17) is 0 Å². The number of hydrogen-bond donors (Lipinski definition) is 0. The number of carbonyl (C=O) groups is 1. The molecule has 3 aromatic rings. The largest absolute Gasteiger partial charge is 0.332 e. The van der Waals surface area contributed by atoms with Gasteiger partial charge < -0.3 is 9.47 Å². The average molecular weight is 381 g/mol. The number of hydrogen-bond acceptors (Lipinski definition) is 6. The number of nitrogens with zero attached hydrogens (tertiary/aromatic N) is 7. The summed E-state index contributed by atoms with van der Waals surface area (Å²) in [6.07, 6.45) is 7.33. The van der Waals surface area contributed by atoms with Crippen LogP contribution in [0.3, 0.4) is 0 Å². The van der Waals surface area contributed by atoms with Crippen molar-refractivity contribution in [1.29, 1.82) is 0 Å². The molecule has 28 heavy (non-hydrogen) atoms. The van der Waals surface area contributed by atoms with E-state index in [2.05, 4.69) is 15.0 Å². The van der Waals surface area contributed by atoms with Crippen molar-refractivity contribution < 1.29 is 4.79 Å². The van der Waals surface area contributed by atoms with Gasteiger partial charge in [0.25, 0.3) is 5.56 Å². The van der Waals surface area contributed by atoms with E-state index in [0.29, 0.717) is 0 Å². The fourth-order valence-electron chi connectivity index (χ4n) is 4.55. The minimum Gasteiger partial charge on any atom is -0.331 e. The van der Waals surface area contributed by atoms with Gasteiger partial charge in [0, 0.05) is 38.3 Å². The summed E-state index contributed by atoms with van der Waals surface area (Å²) in [7, 11) is 2.98. The van der Waals surface area contributed by atoms with Crippen molar-refractivity contribution in [3.05, 3.63) is 50.9 Å². The van der Waals surface area contributed by atoms with Crippen LogP contribution in [0, 0.1) is 0 Å². The fourth-order valence-corrected chi connectivity index (χ4v) is 4.55. The number of aryl methyl sites for hydroxylation is 1. The Morgan fingerprint density at radius 1 is 1.18 bits per heavy atom. The van der Waals surface area contributed by atoms with Gasteiger partial charge in [-0.3, -0.25) is 18.7 Å². The number of aromatic nitrogens is 6. The Balaban J connectivity index is 1.52. The lowest BCUT2D eigenvalue weighted by atomic mass is 9.99. The first-order valence-corrected chi connectivity index (χ1v) is 9.18. The second-order valence-electron chi connectivity index (χ2n) is 7.43. The van der Waals surface area contributed by atoms with Gasteiger partial charge in [0.2, 0.25) is 5.91 Å². The summed E-state index contributed by atoms with van der Waals surface area (Å²) in [5, 5.41) is 0. The van der Waals surface area contributed by atoms with Crippen LogP contribution in [0.5, 0.6) is 0 Å². The van der Waals surface area contributed by atoms with Crippen LogP contribution in [0.15, 0.2) is 28.4 Å². The zero-order valence-electron chi connectivity index (χ0n) is 15.6. The van der Waals surface area contributed by atoms with Crippen LogP contribution in [0.25, 0.3) is 11.2 Å². The normalized spacial score (nSPS) is 20.6. The van der Waals surface area contributed by atoms with E-state index >= 15 is 0 Å². The van der Waals surface area contributed by atoms with Crippen molar-refractivity contribution in [3.8, 4) is 0 Å². The molecule has 2 aliphatic rings. The van der Waals surface area contributed by atoms with Crippen LogP contribution >= 0.6 is 0 Å². The first kappa shape index (κ1) is 16.8. The van der Waals surface area contributed by atoms with E-state index in [1.54, 1.807) is 19.6 Å². The highest BCUT2D eigenvalue weighted by atomic mass is 16.2. The van der Waals surface area contributed by atoms with Crippen LogP contribution in [0.1, 0.15) is 30.1 Å². The average Bonchev–Trinajstić information content (AvgIpc) is 3.25. The molecule has 1 saturated heterocycles. The molecule has 0 saturated carbocycles. The van der Waals surface area contributed by atoms with E-state index in [9.17, 15) is 14.4 Å². The number of fused-ring (bicyclic) bond motifs is 5. The van der Waals surface area contributed by atoms with Crippen LogP contribution in [0.2, 0.25) is 0 Å². The van der Waals surface area contributed by atoms with Crippen molar-refractivity contribution in [2.24, 2.45) is 14.1 Å². The third-order valence-electron chi connectivity index (χ3n) is 5.93. The van der Waals surface area contributed by atoms with Gasteiger partial charge in [-0.25, -0.2) is 19.7 Å². The van der Waals surface area contributed by atoms with E-state index in [0.717, 1.165) is 35.1 Å². The predicted molar refractivity (Wildman–Crippen MR) is 98.6 cm³/mol. The summed E-state index contributed by atoms with van der Waals surface area (Å²) in [6, 6.07) is 0.0892. The Kier molecular flexibility index (Phi) is 3.52. The molecule has 5 heterocycles.